The van der Waals surface area contributed by atoms with Gasteiger partial charge in [0.15, 0.2) is 0 Å². The molecule has 1 saturated heterocycles. The summed E-state index contributed by atoms with van der Waals surface area (Å²) < 4.78 is 0.846. The predicted octanol–water partition coefficient (Wildman–Crippen LogP) is 2.91. The van der Waals surface area contributed by atoms with Crippen LogP contribution in [0.1, 0.15) is 30.1 Å². The van der Waals surface area contributed by atoms with Gasteiger partial charge >= 0.3 is 0 Å². The van der Waals surface area contributed by atoms with Crippen LogP contribution in [0, 0.1) is 5.92 Å². The first-order valence-electron chi connectivity index (χ1n) is 6.92. The van der Waals surface area contributed by atoms with E-state index in [0.717, 1.165) is 30.0 Å². The second kappa shape index (κ2) is 7.06. The van der Waals surface area contributed by atoms with Crippen LogP contribution in [0.4, 0.5) is 0 Å². The lowest BCUT2D eigenvalue weighted by atomic mass is 10.0. The quantitative estimate of drug-likeness (QED) is 0.923. The third-order valence-electron chi connectivity index (χ3n) is 3.57. The predicted molar refractivity (Wildman–Crippen MR) is 81.3 cm³/mol. The van der Waals surface area contributed by atoms with Gasteiger partial charge < -0.3 is 10.2 Å². The zero-order valence-electron chi connectivity index (χ0n) is 11.4. The molecule has 1 amide bonds. The molecular weight excluding hydrogens is 304 g/mol. The van der Waals surface area contributed by atoms with Crippen molar-refractivity contribution in [2.45, 2.75) is 19.8 Å². The molecule has 0 bridgehead atoms. The molecule has 1 aromatic carbocycles. The first-order chi connectivity index (χ1) is 9.16. The van der Waals surface area contributed by atoms with Crippen LogP contribution in [0.5, 0.6) is 0 Å². The number of rotatable bonds is 4. The maximum absolute atomic E-state index is 12.0. The number of carbonyl (C=O) groups excluding carboxylic acids is 1. The molecule has 0 saturated carbocycles. The zero-order valence-corrected chi connectivity index (χ0v) is 12.9. The third-order valence-corrected chi connectivity index (χ3v) is 4.26. The minimum atomic E-state index is -0.00228. The highest BCUT2D eigenvalue weighted by Gasteiger charge is 2.16. The maximum Gasteiger partial charge on any atom is 0.252 e. The zero-order chi connectivity index (χ0) is 13.7. The molecule has 1 heterocycles. The van der Waals surface area contributed by atoms with Gasteiger partial charge in [0.1, 0.15) is 0 Å². The van der Waals surface area contributed by atoms with Crippen molar-refractivity contribution in [2.75, 3.05) is 26.2 Å². The first-order valence-corrected chi connectivity index (χ1v) is 7.71. The summed E-state index contributed by atoms with van der Waals surface area (Å²) >= 11 is 3.40. The minimum absolute atomic E-state index is 0.00228. The summed E-state index contributed by atoms with van der Waals surface area (Å²) in [5.74, 6) is 0.783. The Hall–Kier alpha value is -0.870. The summed E-state index contributed by atoms with van der Waals surface area (Å²) in [6, 6.07) is 7.52. The molecule has 104 valence electrons. The molecule has 1 aliphatic rings. The average Bonchev–Trinajstić information content (AvgIpc) is 2.39. The van der Waals surface area contributed by atoms with Gasteiger partial charge in [0.2, 0.25) is 0 Å². The molecule has 2 rings (SSSR count). The van der Waals surface area contributed by atoms with Crippen molar-refractivity contribution in [1.82, 2.24) is 10.2 Å². The lowest BCUT2D eigenvalue weighted by Crippen LogP contribution is -2.40. The number of carbonyl (C=O) groups is 1. The van der Waals surface area contributed by atoms with E-state index in [0.29, 0.717) is 12.1 Å². The van der Waals surface area contributed by atoms with Gasteiger partial charge in [-0.15, -0.1) is 0 Å². The Morgan fingerprint density at radius 1 is 1.47 bits per heavy atom. The Morgan fingerprint density at radius 2 is 2.26 bits per heavy atom. The number of nitrogens with zero attached hydrogens (tertiary/aromatic N) is 1. The van der Waals surface area contributed by atoms with Crippen molar-refractivity contribution in [2.24, 2.45) is 5.92 Å². The van der Waals surface area contributed by atoms with Crippen molar-refractivity contribution < 1.29 is 4.79 Å². The van der Waals surface area contributed by atoms with Crippen LogP contribution in [0.15, 0.2) is 28.7 Å². The fourth-order valence-corrected chi connectivity index (χ4v) is 3.02. The van der Waals surface area contributed by atoms with E-state index < -0.39 is 0 Å². The number of hydrogen-bond donors (Lipinski definition) is 1. The third kappa shape index (κ3) is 4.32. The number of piperidine rings is 1. The molecule has 0 aromatic heterocycles. The van der Waals surface area contributed by atoms with E-state index in [-0.39, 0.29) is 5.91 Å². The smallest absolute Gasteiger partial charge is 0.252 e. The number of likely N-dealkylation sites (tertiary alicyclic amines) is 1. The number of halogens is 1. The number of nitrogens with one attached hydrogen (secondary N) is 1. The normalized spacial score (nSPS) is 20.2. The molecule has 1 aliphatic heterocycles. The summed E-state index contributed by atoms with van der Waals surface area (Å²) in [7, 11) is 0. The van der Waals surface area contributed by atoms with Crippen LogP contribution in [0.3, 0.4) is 0 Å². The lowest BCUT2D eigenvalue weighted by molar-refractivity contribution is 0.0943. The maximum atomic E-state index is 12.0. The van der Waals surface area contributed by atoms with Crippen molar-refractivity contribution in [3.05, 3.63) is 34.3 Å². The van der Waals surface area contributed by atoms with Crippen LogP contribution in [0.25, 0.3) is 0 Å². The average molecular weight is 325 g/mol. The monoisotopic (exact) mass is 324 g/mol. The van der Waals surface area contributed by atoms with Gasteiger partial charge in [0.05, 0.1) is 5.56 Å². The highest BCUT2D eigenvalue weighted by Crippen LogP contribution is 2.16. The molecule has 3 nitrogen and oxygen atoms in total. The van der Waals surface area contributed by atoms with E-state index in [1.807, 2.05) is 24.3 Å². The van der Waals surface area contributed by atoms with E-state index in [9.17, 15) is 4.79 Å². The van der Waals surface area contributed by atoms with Gasteiger partial charge in [-0.1, -0.05) is 19.1 Å². The van der Waals surface area contributed by atoms with Gasteiger partial charge in [-0.2, -0.15) is 0 Å². The first kappa shape index (κ1) is 14.5. The Labute approximate surface area is 123 Å². The minimum Gasteiger partial charge on any atom is -0.351 e. The molecule has 19 heavy (non-hydrogen) atoms. The van der Waals surface area contributed by atoms with E-state index in [1.54, 1.807) is 0 Å². The summed E-state index contributed by atoms with van der Waals surface area (Å²) in [5, 5.41) is 2.99. The number of amides is 1. The van der Waals surface area contributed by atoms with Crippen molar-refractivity contribution in [1.29, 1.82) is 0 Å². The van der Waals surface area contributed by atoms with Gasteiger partial charge in [0, 0.05) is 24.1 Å². The summed E-state index contributed by atoms with van der Waals surface area (Å²) in [5.41, 5.74) is 0.703. The molecule has 1 aromatic rings. The van der Waals surface area contributed by atoms with Crippen LogP contribution < -0.4 is 5.32 Å². The van der Waals surface area contributed by atoms with Crippen LogP contribution >= 0.6 is 15.9 Å². The molecule has 4 heteroatoms. The molecule has 0 radical (unpaired) electrons. The van der Waals surface area contributed by atoms with E-state index in [2.05, 4.69) is 33.1 Å². The van der Waals surface area contributed by atoms with E-state index in [1.165, 1.54) is 12.8 Å². The second-order valence-corrected chi connectivity index (χ2v) is 6.14. The van der Waals surface area contributed by atoms with Crippen LogP contribution in [-0.4, -0.2) is 37.0 Å². The Morgan fingerprint density at radius 3 is 3.00 bits per heavy atom. The highest BCUT2D eigenvalue weighted by atomic mass is 79.9. The number of benzene rings is 1. The molecule has 0 spiro atoms. The van der Waals surface area contributed by atoms with Crippen LogP contribution in [-0.2, 0) is 0 Å². The van der Waals surface area contributed by atoms with Gasteiger partial charge in [-0.05, 0) is 53.4 Å². The SMILES string of the molecule is C[C@H]1CCCN(CCNC(=O)c2ccccc2Br)C1. The lowest BCUT2D eigenvalue weighted by Gasteiger charge is -2.30. The summed E-state index contributed by atoms with van der Waals surface area (Å²) in [4.78, 5) is 14.5. The standard InChI is InChI=1S/C15H21BrN2O/c1-12-5-4-9-18(11-12)10-8-17-15(19)13-6-2-3-7-14(13)16/h2-3,6-7,12H,4-5,8-11H2,1H3,(H,17,19)/t12-/m0/s1. The van der Waals surface area contributed by atoms with Gasteiger partial charge in [-0.25, -0.2) is 0 Å². The molecule has 1 atom stereocenters. The topological polar surface area (TPSA) is 32.3 Å². The van der Waals surface area contributed by atoms with Crippen molar-refractivity contribution >= 4 is 21.8 Å². The van der Waals surface area contributed by atoms with Gasteiger partial charge in [-0.3, -0.25) is 4.79 Å². The Balaban J connectivity index is 1.76. The van der Waals surface area contributed by atoms with Crippen LogP contribution in [0.2, 0.25) is 0 Å². The fraction of sp³-hybridized carbons (Fsp3) is 0.533. The van der Waals surface area contributed by atoms with E-state index >= 15 is 0 Å². The number of hydrogen-bond acceptors (Lipinski definition) is 2. The molecule has 1 N–H and O–H groups in total. The Kier molecular flexibility index (Phi) is 5.40. The van der Waals surface area contributed by atoms with Crippen molar-refractivity contribution in [3.63, 3.8) is 0 Å². The van der Waals surface area contributed by atoms with Crippen molar-refractivity contribution in [3.8, 4) is 0 Å². The van der Waals surface area contributed by atoms with E-state index in [4.69, 9.17) is 0 Å². The molecule has 0 unspecified atom stereocenters. The summed E-state index contributed by atoms with van der Waals surface area (Å²) in [6.07, 6.45) is 2.61. The largest absolute Gasteiger partial charge is 0.351 e. The fourth-order valence-electron chi connectivity index (χ4n) is 2.56. The summed E-state index contributed by atoms with van der Waals surface area (Å²) in [6.45, 7) is 6.28. The molecule has 1 fully saturated rings. The van der Waals surface area contributed by atoms with Gasteiger partial charge in [0.25, 0.3) is 5.91 Å². The second-order valence-electron chi connectivity index (χ2n) is 5.28. The molecular formula is C15H21BrN2O. The highest BCUT2D eigenvalue weighted by molar-refractivity contribution is 9.10. The Bertz CT molecular complexity index is 436. The molecule has 0 aliphatic carbocycles.